The first kappa shape index (κ1) is 18.3. The quantitative estimate of drug-likeness (QED) is 0.337. The molecule has 0 saturated carbocycles. The molecule has 0 fully saturated rings. The fraction of sp³-hybridized carbons (Fsp3) is 0. The Hall–Kier alpha value is -4.44. The maximum atomic E-state index is 13.0. The van der Waals surface area contributed by atoms with E-state index in [1.54, 1.807) is 0 Å². The number of hydrogen-bond donors (Lipinski definition) is 1. The Balaban J connectivity index is 1.36. The second-order valence-electron chi connectivity index (χ2n) is 7.71. The van der Waals surface area contributed by atoms with Gasteiger partial charge in [0.15, 0.2) is 5.58 Å². The molecule has 0 radical (unpaired) electrons. The highest BCUT2D eigenvalue weighted by Crippen LogP contribution is 2.31. The molecule has 6 aromatic rings. The van der Waals surface area contributed by atoms with Crippen molar-refractivity contribution in [1.29, 1.82) is 0 Å². The fourth-order valence-electron chi connectivity index (χ4n) is 4.15. The third kappa shape index (κ3) is 3.10. The first-order valence-electron chi connectivity index (χ1n) is 10.4. The molecule has 4 heteroatoms. The topological polar surface area (TPSA) is 55.1 Å². The molecule has 1 N–H and O–H groups in total. The lowest BCUT2D eigenvalue weighted by atomic mass is 10.0. The van der Waals surface area contributed by atoms with Crippen molar-refractivity contribution in [1.82, 2.24) is 4.98 Å². The number of rotatable bonds is 3. The van der Waals surface area contributed by atoms with E-state index in [9.17, 15) is 4.79 Å². The van der Waals surface area contributed by atoms with Crippen LogP contribution in [-0.4, -0.2) is 10.9 Å². The minimum atomic E-state index is -0.154. The average molecular weight is 414 g/mol. The van der Waals surface area contributed by atoms with Crippen molar-refractivity contribution in [2.45, 2.75) is 0 Å². The molecule has 0 atom stereocenters. The van der Waals surface area contributed by atoms with Gasteiger partial charge in [0.25, 0.3) is 5.91 Å². The number of oxazole rings is 1. The maximum absolute atomic E-state index is 13.0. The number of aromatic nitrogens is 1. The smallest absolute Gasteiger partial charge is 0.256 e. The standard InChI is InChI=1S/C28H18N2O2/c31-27(23-13-5-9-18-7-1-3-11-21(18)23)29-20-15-16-26-25(17-20)30-28(32-26)24-14-6-10-19-8-2-4-12-22(19)24/h1-17H,(H,29,31). The van der Waals surface area contributed by atoms with Gasteiger partial charge >= 0.3 is 0 Å². The van der Waals surface area contributed by atoms with Gasteiger partial charge in [0, 0.05) is 16.8 Å². The van der Waals surface area contributed by atoms with E-state index < -0.39 is 0 Å². The van der Waals surface area contributed by atoms with Crippen LogP contribution in [0.15, 0.2) is 108 Å². The van der Waals surface area contributed by atoms with Crippen molar-refractivity contribution in [2.75, 3.05) is 5.32 Å². The highest BCUT2D eigenvalue weighted by Gasteiger charge is 2.14. The number of nitrogens with one attached hydrogen (secondary N) is 1. The van der Waals surface area contributed by atoms with E-state index in [2.05, 4.69) is 23.5 Å². The summed E-state index contributed by atoms with van der Waals surface area (Å²) in [6.07, 6.45) is 0. The molecule has 32 heavy (non-hydrogen) atoms. The Kier molecular flexibility index (Phi) is 4.22. The van der Waals surface area contributed by atoms with Gasteiger partial charge in [-0.2, -0.15) is 0 Å². The summed E-state index contributed by atoms with van der Waals surface area (Å²) < 4.78 is 6.04. The zero-order chi connectivity index (χ0) is 21.5. The molecule has 0 spiro atoms. The molecule has 0 aliphatic heterocycles. The zero-order valence-electron chi connectivity index (χ0n) is 17.1. The number of fused-ring (bicyclic) bond motifs is 3. The molecule has 152 valence electrons. The summed E-state index contributed by atoms with van der Waals surface area (Å²) in [6.45, 7) is 0. The van der Waals surface area contributed by atoms with Crippen LogP contribution in [-0.2, 0) is 0 Å². The summed E-state index contributed by atoms with van der Waals surface area (Å²) in [5, 5.41) is 7.18. The van der Waals surface area contributed by atoms with Crippen LogP contribution in [0.2, 0.25) is 0 Å². The van der Waals surface area contributed by atoms with Crippen LogP contribution in [0.1, 0.15) is 10.4 Å². The normalized spacial score (nSPS) is 11.2. The van der Waals surface area contributed by atoms with E-state index in [0.29, 0.717) is 28.2 Å². The minimum Gasteiger partial charge on any atom is -0.436 e. The number of hydrogen-bond acceptors (Lipinski definition) is 3. The largest absolute Gasteiger partial charge is 0.436 e. The lowest BCUT2D eigenvalue weighted by Gasteiger charge is -2.08. The van der Waals surface area contributed by atoms with Crippen molar-refractivity contribution >= 4 is 44.2 Å². The Labute approximate surface area is 184 Å². The van der Waals surface area contributed by atoms with Crippen molar-refractivity contribution in [3.63, 3.8) is 0 Å². The van der Waals surface area contributed by atoms with Gasteiger partial charge in [0.05, 0.1) is 0 Å². The predicted octanol–water partition coefficient (Wildman–Crippen LogP) is 7.05. The highest BCUT2D eigenvalue weighted by molar-refractivity contribution is 6.13. The van der Waals surface area contributed by atoms with Crippen LogP contribution in [0.4, 0.5) is 5.69 Å². The van der Waals surface area contributed by atoms with Crippen molar-refractivity contribution in [2.24, 2.45) is 0 Å². The number of nitrogens with zero attached hydrogens (tertiary/aromatic N) is 1. The van der Waals surface area contributed by atoms with E-state index in [-0.39, 0.29) is 5.91 Å². The van der Waals surface area contributed by atoms with Crippen LogP contribution < -0.4 is 5.32 Å². The molecule has 0 aliphatic carbocycles. The molecule has 0 bridgehead atoms. The molecule has 6 rings (SSSR count). The molecule has 4 nitrogen and oxygen atoms in total. The summed E-state index contributed by atoms with van der Waals surface area (Å²) in [5.74, 6) is 0.410. The van der Waals surface area contributed by atoms with E-state index in [1.165, 1.54) is 0 Å². The lowest BCUT2D eigenvalue weighted by Crippen LogP contribution is -2.12. The minimum absolute atomic E-state index is 0.154. The lowest BCUT2D eigenvalue weighted by molar-refractivity contribution is 0.102. The van der Waals surface area contributed by atoms with Gasteiger partial charge in [-0.05, 0) is 51.9 Å². The van der Waals surface area contributed by atoms with Crippen molar-refractivity contribution in [3.8, 4) is 11.5 Å². The van der Waals surface area contributed by atoms with Crippen LogP contribution >= 0.6 is 0 Å². The Bertz CT molecular complexity index is 1620. The van der Waals surface area contributed by atoms with Gasteiger partial charge in [-0.25, -0.2) is 4.98 Å². The van der Waals surface area contributed by atoms with Crippen LogP contribution in [0.3, 0.4) is 0 Å². The first-order valence-corrected chi connectivity index (χ1v) is 10.4. The highest BCUT2D eigenvalue weighted by atomic mass is 16.3. The van der Waals surface area contributed by atoms with Gasteiger partial charge in [-0.15, -0.1) is 0 Å². The number of carbonyl (C=O) groups excluding carboxylic acids is 1. The molecular formula is C28H18N2O2. The predicted molar refractivity (Wildman–Crippen MR) is 129 cm³/mol. The average Bonchev–Trinajstić information content (AvgIpc) is 3.26. The van der Waals surface area contributed by atoms with E-state index >= 15 is 0 Å². The maximum Gasteiger partial charge on any atom is 0.256 e. The van der Waals surface area contributed by atoms with Crippen LogP contribution in [0.25, 0.3) is 44.1 Å². The molecule has 1 heterocycles. The van der Waals surface area contributed by atoms with Gasteiger partial charge < -0.3 is 9.73 Å². The van der Waals surface area contributed by atoms with E-state index in [1.807, 2.05) is 84.9 Å². The van der Waals surface area contributed by atoms with Gasteiger partial charge in [-0.3, -0.25) is 4.79 Å². The molecule has 0 aliphatic rings. The molecule has 5 aromatic carbocycles. The monoisotopic (exact) mass is 414 g/mol. The molecule has 1 aromatic heterocycles. The van der Waals surface area contributed by atoms with E-state index in [4.69, 9.17) is 9.40 Å². The first-order chi connectivity index (χ1) is 15.8. The molecular weight excluding hydrogens is 396 g/mol. The third-order valence-electron chi connectivity index (χ3n) is 5.70. The Morgan fingerprint density at radius 1 is 0.719 bits per heavy atom. The Morgan fingerprint density at radius 3 is 2.25 bits per heavy atom. The van der Waals surface area contributed by atoms with Crippen molar-refractivity contribution < 1.29 is 9.21 Å². The molecule has 0 saturated heterocycles. The molecule has 1 amide bonds. The summed E-state index contributed by atoms with van der Waals surface area (Å²) >= 11 is 0. The SMILES string of the molecule is O=C(Nc1ccc2oc(-c3cccc4ccccc34)nc2c1)c1cccc2ccccc12. The second-order valence-corrected chi connectivity index (χ2v) is 7.71. The van der Waals surface area contributed by atoms with Gasteiger partial charge in [-0.1, -0.05) is 72.8 Å². The number of carbonyl (C=O) groups is 1. The Morgan fingerprint density at radius 2 is 1.41 bits per heavy atom. The van der Waals surface area contributed by atoms with Crippen LogP contribution in [0, 0.1) is 0 Å². The number of anilines is 1. The number of amides is 1. The zero-order valence-corrected chi connectivity index (χ0v) is 17.1. The van der Waals surface area contributed by atoms with Crippen molar-refractivity contribution in [3.05, 3.63) is 109 Å². The molecule has 0 unspecified atom stereocenters. The summed E-state index contributed by atoms with van der Waals surface area (Å²) in [6, 6.07) is 33.4. The van der Waals surface area contributed by atoms with Gasteiger partial charge in [0.1, 0.15) is 5.52 Å². The van der Waals surface area contributed by atoms with Crippen LogP contribution in [0.5, 0.6) is 0 Å². The second kappa shape index (κ2) is 7.36. The summed E-state index contributed by atoms with van der Waals surface area (Å²) in [5.41, 5.74) is 3.63. The number of benzene rings is 5. The summed E-state index contributed by atoms with van der Waals surface area (Å²) in [7, 11) is 0. The van der Waals surface area contributed by atoms with E-state index in [0.717, 1.165) is 27.1 Å². The summed E-state index contributed by atoms with van der Waals surface area (Å²) in [4.78, 5) is 17.7. The fourth-order valence-corrected chi connectivity index (χ4v) is 4.15. The third-order valence-corrected chi connectivity index (χ3v) is 5.70. The van der Waals surface area contributed by atoms with Gasteiger partial charge in [0.2, 0.25) is 5.89 Å².